The predicted molar refractivity (Wildman–Crippen MR) is 65.5 cm³/mol. The van der Waals surface area contributed by atoms with Gasteiger partial charge in [-0.25, -0.2) is 9.87 Å². The summed E-state index contributed by atoms with van der Waals surface area (Å²) >= 11 is 3.31. The second-order valence-corrected chi connectivity index (χ2v) is 3.96. The third kappa shape index (κ3) is 5.01. The van der Waals surface area contributed by atoms with Crippen LogP contribution >= 0.6 is 15.9 Å². The van der Waals surface area contributed by atoms with Gasteiger partial charge in [0.05, 0.1) is 11.1 Å². The molecule has 94 valence electrons. The number of hydroxylamine groups is 1. The fourth-order valence-corrected chi connectivity index (χ4v) is 1.64. The highest BCUT2D eigenvalue weighted by molar-refractivity contribution is 9.10. The van der Waals surface area contributed by atoms with Gasteiger partial charge >= 0.3 is 0 Å². The van der Waals surface area contributed by atoms with Crippen LogP contribution in [0, 0.1) is 5.41 Å². The second-order valence-electron chi connectivity index (χ2n) is 3.11. The number of guanidine groups is 1. The molecule has 0 aliphatic carbocycles. The molecule has 7 heteroatoms. The van der Waals surface area contributed by atoms with Crippen molar-refractivity contribution >= 4 is 21.9 Å². The van der Waals surface area contributed by atoms with Crippen LogP contribution in [0.1, 0.15) is 5.56 Å². The first-order valence-electron chi connectivity index (χ1n) is 4.82. The van der Waals surface area contributed by atoms with E-state index in [1.807, 2.05) is 0 Å². The molecule has 0 radical (unpaired) electrons. The van der Waals surface area contributed by atoms with E-state index in [4.69, 9.17) is 20.7 Å². The lowest BCUT2D eigenvalue weighted by molar-refractivity contribution is 0.0697. The molecule has 0 amide bonds. The summed E-state index contributed by atoms with van der Waals surface area (Å²) in [5, 5.41) is 6.89. The predicted octanol–water partition coefficient (Wildman–Crippen LogP) is 1.71. The molecule has 5 nitrogen and oxygen atoms in total. The Morgan fingerprint density at radius 3 is 2.88 bits per heavy atom. The fourth-order valence-electron chi connectivity index (χ4n) is 1.10. The molecule has 0 aliphatic rings. The van der Waals surface area contributed by atoms with Gasteiger partial charge in [-0.1, -0.05) is 6.07 Å². The van der Waals surface area contributed by atoms with Crippen LogP contribution in [0.15, 0.2) is 22.7 Å². The lowest BCUT2D eigenvalue weighted by Crippen LogP contribution is -2.30. The van der Waals surface area contributed by atoms with E-state index in [1.54, 1.807) is 18.2 Å². The number of rotatable bonds is 6. The Morgan fingerprint density at radius 2 is 2.29 bits per heavy atom. The van der Waals surface area contributed by atoms with E-state index < -0.39 is 6.67 Å². The first kappa shape index (κ1) is 13.7. The standard InChI is InChI=1S/C10H13BrFN3O2/c11-8-5-7(6-17-15-10(13)14)1-2-9(8)16-4-3-12/h1-2,5H,3-4,6H2,(H4,13,14,15). The van der Waals surface area contributed by atoms with Crippen molar-refractivity contribution in [2.24, 2.45) is 5.73 Å². The third-order valence-electron chi connectivity index (χ3n) is 1.75. The van der Waals surface area contributed by atoms with Gasteiger partial charge in [0, 0.05) is 0 Å². The monoisotopic (exact) mass is 305 g/mol. The topological polar surface area (TPSA) is 80.4 Å². The molecular weight excluding hydrogens is 293 g/mol. The van der Waals surface area contributed by atoms with Crippen molar-refractivity contribution in [1.29, 1.82) is 5.41 Å². The number of hydrogen-bond acceptors (Lipinski definition) is 3. The van der Waals surface area contributed by atoms with Crippen LogP contribution in [-0.4, -0.2) is 19.2 Å². The summed E-state index contributed by atoms with van der Waals surface area (Å²) in [6, 6.07) is 5.28. The molecule has 0 bridgehead atoms. The Labute approximate surface area is 107 Å². The molecule has 0 spiro atoms. The number of halogens is 2. The van der Waals surface area contributed by atoms with Crippen molar-refractivity contribution in [1.82, 2.24) is 5.48 Å². The maximum Gasteiger partial charge on any atom is 0.210 e. The molecule has 17 heavy (non-hydrogen) atoms. The lowest BCUT2D eigenvalue weighted by Gasteiger charge is -2.09. The molecule has 0 aromatic heterocycles. The number of nitrogens with one attached hydrogen (secondary N) is 2. The van der Waals surface area contributed by atoms with Crippen LogP contribution in [-0.2, 0) is 11.4 Å². The number of nitrogens with two attached hydrogens (primary N) is 1. The minimum atomic E-state index is -0.528. The molecule has 0 saturated heterocycles. The highest BCUT2D eigenvalue weighted by Gasteiger charge is 2.03. The van der Waals surface area contributed by atoms with Crippen LogP contribution in [0.3, 0.4) is 0 Å². The summed E-state index contributed by atoms with van der Waals surface area (Å²) in [4.78, 5) is 4.94. The molecular formula is C10H13BrFN3O2. The van der Waals surface area contributed by atoms with Gasteiger partial charge in [-0.3, -0.25) is 10.2 Å². The fraction of sp³-hybridized carbons (Fsp3) is 0.300. The van der Waals surface area contributed by atoms with Crippen molar-refractivity contribution in [3.8, 4) is 5.75 Å². The molecule has 4 N–H and O–H groups in total. The van der Waals surface area contributed by atoms with Gasteiger partial charge in [-0.05, 0) is 33.6 Å². The van der Waals surface area contributed by atoms with Crippen molar-refractivity contribution in [3.05, 3.63) is 28.2 Å². The van der Waals surface area contributed by atoms with Crippen LogP contribution in [0.25, 0.3) is 0 Å². The molecule has 1 aromatic carbocycles. The van der Waals surface area contributed by atoms with E-state index in [0.29, 0.717) is 5.75 Å². The Hall–Kier alpha value is -1.34. The summed E-state index contributed by atoms with van der Waals surface area (Å²) in [5.74, 6) is 0.317. The zero-order valence-corrected chi connectivity index (χ0v) is 10.6. The Morgan fingerprint density at radius 1 is 1.53 bits per heavy atom. The average molecular weight is 306 g/mol. The number of benzene rings is 1. The highest BCUT2D eigenvalue weighted by atomic mass is 79.9. The van der Waals surface area contributed by atoms with Crippen molar-refractivity contribution in [2.45, 2.75) is 6.61 Å². The van der Waals surface area contributed by atoms with Gasteiger partial charge in [-0.15, -0.1) is 0 Å². The van der Waals surface area contributed by atoms with Crippen LogP contribution in [0.5, 0.6) is 5.75 Å². The summed E-state index contributed by atoms with van der Waals surface area (Å²) in [7, 11) is 0. The van der Waals surface area contributed by atoms with Crippen molar-refractivity contribution in [2.75, 3.05) is 13.3 Å². The highest BCUT2D eigenvalue weighted by Crippen LogP contribution is 2.26. The molecule has 0 saturated carbocycles. The van der Waals surface area contributed by atoms with Gasteiger partial charge in [0.2, 0.25) is 5.96 Å². The molecule has 0 fully saturated rings. The van der Waals surface area contributed by atoms with E-state index >= 15 is 0 Å². The van der Waals surface area contributed by atoms with Gasteiger partial charge in [0.25, 0.3) is 0 Å². The van der Waals surface area contributed by atoms with E-state index in [0.717, 1.165) is 10.0 Å². The summed E-state index contributed by atoms with van der Waals surface area (Å²) < 4.78 is 17.8. The number of hydrogen-bond donors (Lipinski definition) is 3. The zero-order valence-electron chi connectivity index (χ0n) is 9.00. The Balaban J connectivity index is 2.52. The molecule has 0 aliphatic heterocycles. The zero-order chi connectivity index (χ0) is 12.7. The molecule has 1 aromatic rings. The van der Waals surface area contributed by atoms with E-state index in [2.05, 4.69) is 21.4 Å². The van der Waals surface area contributed by atoms with Crippen LogP contribution in [0.2, 0.25) is 0 Å². The van der Waals surface area contributed by atoms with Crippen molar-refractivity contribution in [3.63, 3.8) is 0 Å². The van der Waals surface area contributed by atoms with Gasteiger partial charge < -0.3 is 10.5 Å². The van der Waals surface area contributed by atoms with E-state index in [-0.39, 0.29) is 19.2 Å². The average Bonchev–Trinajstić information content (AvgIpc) is 2.27. The van der Waals surface area contributed by atoms with Gasteiger partial charge in [0.15, 0.2) is 0 Å². The minimum Gasteiger partial charge on any atom is -0.490 e. The summed E-state index contributed by atoms with van der Waals surface area (Å²) in [6.45, 7) is -0.248. The van der Waals surface area contributed by atoms with Gasteiger partial charge in [0.1, 0.15) is 19.0 Å². The minimum absolute atomic E-state index is 0.0281. The summed E-state index contributed by atoms with van der Waals surface area (Å²) in [5.41, 5.74) is 8.13. The van der Waals surface area contributed by atoms with E-state index in [9.17, 15) is 4.39 Å². The third-order valence-corrected chi connectivity index (χ3v) is 2.37. The molecule has 0 atom stereocenters. The molecule has 0 heterocycles. The lowest BCUT2D eigenvalue weighted by atomic mass is 10.2. The Kier molecular flexibility index (Phi) is 5.71. The van der Waals surface area contributed by atoms with E-state index in [1.165, 1.54) is 0 Å². The maximum atomic E-state index is 11.9. The summed E-state index contributed by atoms with van der Waals surface area (Å²) in [6.07, 6.45) is 0. The maximum absolute atomic E-state index is 11.9. The quantitative estimate of drug-likeness (QED) is 0.425. The van der Waals surface area contributed by atoms with Crippen molar-refractivity contribution < 1.29 is 14.0 Å². The second kappa shape index (κ2) is 7.08. The first-order valence-corrected chi connectivity index (χ1v) is 5.62. The number of ether oxygens (including phenoxy) is 1. The van der Waals surface area contributed by atoms with Crippen LogP contribution in [0.4, 0.5) is 4.39 Å². The normalized spacial score (nSPS) is 10.0. The van der Waals surface area contributed by atoms with Gasteiger partial charge in [-0.2, -0.15) is 0 Å². The molecule has 1 rings (SSSR count). The smallest absolute Gasteiger partial charge is 0.210 e. The SMILES string of the molecule is N=C(N)NOCc1ccc(OCCF)c(Br)c1. The largest absolute Gasteiger partial charge is 0.490 e. The van der Waals surface area contributed by atoms with Crippen LogP contribution < -0.4 is 16.0 Å². The number of alkyl halides is 1. The first-order chi connectivity index (χ1) is 8.13. The molecule has 0 unspecified atom stereocenters. The Bertz CT molecular complexity index is 390.